The molecule has 1 aliphatic rings. The second-order valence-corrected chi connectivity index (χ2v) is 7.06. The van der Waals surface area contributed by atoms with Crippen LogP contribution in [-0.4, -0.2) is 27.5 Å². The van der Waals surface area contributed by atoms with E-state index in [9.17, 15) is 9.18 Å². The van der Waals surface area contributed by atoms with Gasteiger partial charge in [-0.05, 0) is 48.7 Å². The van der Waals surface area contributed by atoms with Gasteiger partial charge in [-0.25, -0.2) is 4.39 Å². The van der Waals surface area contributed by atoms with Gasteiger partial charge in [-0.15, -0.1) is 0 Å². The zero-order valence-electron chi connectivity index (χ0n) is 15.3. The molecule has 4 rings (SSSR count). The number of nitrogens with zero attached hydrogens (tertiary/aromatic N) is 3. The van der Waals surface area contributed by atoms with Gasteiger partial charge in [0.2, 0.25) is 17.6 Å². The van der Waals surface area contributed by atoms with Crippen LogP contribution in [-0.2, 0) is 11.3 Å². The number of benzene rings is 2. The molecule has 1 amide bonds. The fourth-order valence-corrected chi connectivity index (χ4v) is 3.30. The van der Waals surface area contributed by atoms with Crippen molar-refractivity contribution < 1.29 is 13.7 Å². The van der Waals surface area contributed by atoms with Gasteiger partial charge in [0.25, 0.3) is 0 Å². The smallest absolute Gasteiger partial charge is 0.232 e. The van der Waals surface area contributed by atoms with Crippen molar-refractivity contribution in [1.29, 1.82) is 0 Å². The quantitative estimate of drug-likeness (QED) is 0.701. The molecule has 27 heavy (non-hydrogen) atoms. The molecule has 1 saturated heterocycles. The fraction of sp³-hybridized carbons (Fsp3) is 0.286. The van der Waals surface area contributed by atoms with Gasteiger partial charge in [0.05, 0.1) is 5.92 Å². The Morgan fingerprint density at radius 3 is 2.67 bits per heavy atom. The number of carbonyl (C=O) groups is 1. The SMILES string of the molecule is Cc1ccc(-c2noc(C3CC(=O)N(Cc4ccc(F)cc4)C3)n2)cc1C. The summed E-state index contributed by atoms with van der Waals surface area (Å²) in [6.45, 7) is 5.07. The molecule has 1 fully saturated rings. The maximum atomic E-state index is 13.0. The first-order chi connectivity index (χ1) is 13.0. The maximum Gasteiger partial charge on any atom is 0.232 e. The zero-order valence-corrected chi connectivity index (χ0v) is 15.3. The van der Waals surface area contributed by atoms with Gasteiger partial charge in [0, 0.05) is 25.1 Å². The van der Waals surface area contributed by atoms with Crippen LogP contribution in [0, 0.1) is 19.7 Å². The Balaban J connectivity index is 1.48. The first-order valence-corrected chi connectivity index (χ1v) is 8.93. The predicted octanol–water partition coefficient (Wildman–Crippen LogP) is 4.01. The average molecular weight is 365 g/mol. The minimum absolute atomic E-state index is 0.0373. The van der Waals surface area contributed by atoms with Gasteiger partial charge in [-0.1, -0.05) is 29.4 Å². The molecule has 138 valence electrons. The number of carbonyl (C=O) groups excluding carboxylic acids is 1. The molecular formula is C21H20FN3O2. The first-order valence-electron chi connectivity index (χ1n) is 8.93. The van der Waals surface area contributed by atoms with Crippen molar-refractivity contribution in [2.45, 2.75) is 32.7 Å². The molecular weight excluding hydrogens is 345 g/mol. The van der Waals surface area contributed by atoms with Gasteiger partial charge in [0.15, 0.2) is 0 Å². The van der Waals surface area contributed by atoms with E-state index in [1.165, 1.54) is 23.3 Å². The van der Waals surface area contributed by atoms with E-state index in [0.717, 1.165) is 11.1 Å². The topological polar surface area (TPSA) is 59.2 Å². The second-order valence-electron chi connectivity index (χ2n) is 7.06. The van der Waals surface area contributed by atoms with Crippen LogP contribution < -0.4 is 0 Å². The minimum atomic E-state index is -0.283. The third-order valence-corrected chi connectivity index (χ3v) is 5.06. The van der Waals surface area contributed by atoms with E-state index in [2.05, 4.69) is 17.1 Å². The Morgan fingerprint density at radius 1 is 1.15 bits per heavy atom. The molecule has 1 unspecified atom stereocenters. The van der Waals surface area contributed by atoms with Gasteiger partial charge in [0.1, 0.15) is 5.82 Å². The summed E-state index contributed by atoms with van der Waals surface area (Å²) in [4.78, 5) is 18.6. The lowest BCUT2D eigenvalue weighted by Gasteiger charge is -2.15. The van der Waals surface area contributed by atoms with Crippen molar-refractivity contribution in [2.75, 3.05) is 6.54 Å². The molecule has 5 nitrogen and oxygen atoms in total. The zero-order chi connectivity index (χ0) is 19.0. The van der Waals surface area contributed by atoms with E-state index in [-0.39, 0.29) is 17.6 Å². The number of amides is 1. The molecule has 0 N–H and O–H groups in total. The Morgan fingerprint density at radius 2 is 1.93 bits per heavy atom. The lowest BCUT2D eigenvalue weighted by molar-refractivity contribution is -0.128. The van der Waals surface area contributed by atoms with E-state index in [4.69, 9.17) is 4.52 Å². The van der Waals surface area contributed by atoms with Crippen molar-refractivity contribution in [1.82, 2.24) is 15.0 Å². The molecule has 2 heterocycles. The Bertz CT molecular complexity index is 981. The molecule has 0 radical (unpaired) electrons. The van der Waals surface area contributed by atoms with Crippen LogP contribution in [0.15, 0.2) is 47.0 Å². The molecule has 1 aromatic heterocycles. The summed E-state index contributed by atoms with van der Waals surface area (Å²) in [5, 5.41) is 4.09. The van der Waals surface area contributed by atoms with E-state index >= 15 is 0 Å². The van der Waals surface area contributed by atoms with Crippen molar-refractivity contribution in [3.05, 3.63) is 70.9 Å². The number of hydrogen-bond donors (Lipinski definition) is 0. The van der Waals surface area contributed by atoms with E-state index < -0.39 is 0 Å². The summed E-state index contributed by atoms with van der Waals surface area (Å²) >= 11 is 0. The standard InChI is InChI=1S/C21H20FN3O2/c1-13-3-6-16(9-14(13)2)20-23-21(27-24-20)17-10-19(26)25(12-17)11-15-4-7-18(22)8-5-15/h3-9,17H,10-12H2,1-2H3. The predicted molar refractivity (Wildman–Crippen MR) is 98.4 cm³/mol. The molecule has 2 aromatic carbocycles. The molecule has 0 aliphatic carbocycles. The molecule has 0 bridgehead atoms. The summed E-state index contributed by atoms with van der Waals surface area (Å²) in [5.41, 5.74) is 4.17. The Hall–Kier alpha value is -3.02. The minimum Gasteiger partial charge on any atom is -0.339 e. The highest BCUT2D eigenvalue weighted by molar-refractivity contribution is 5.79. The van der Waals surface area contributed by atoms with Crippen molar-refractivity contribution in [2.24, 2.45) is 0 Å². The summed E-state index contributed by atoms with van der Waals surface area (Å²) in [5.74, 6) is 0.658. The van der Waals surface area contributed by atoms with E-state index in [0.29, 0.717) is 31.2 Å². The molecule has 6 heteroatoms. The monoisotopic (exact) mass is 365 g/mol. The third kappa shape index (κ3) is 3.60. The summed E-state index contributed by atoms with van der Waals surface area (Å²) in [6.07, 6.45) is 0.343. The lowest BCUT2D eigenvalue weighted by Crippen LogP contribution is -2.24. The number of aromatic nitrogens is 2. The third-order valence-electron chi connectivity index (χ3n) is 5.06. The largest absolute Gasteiger partial charge is 0.339 e. The van der Waals surface area contributed by atoms with Gasteiger partial charge >= 0.3 is 0 Å². The van der Waals surface area contributed by atoms with Gasteiger partial charge in [-0.2, -0.15) is 4.98 Å². The summed E-state index contributed by atoms with van der Waals surface area (Å²) in [6, 6.07) is 12.2. The van der Waals surface area contributed by atoms with Crippen LogP contribution in [0.4, 0.5) is 4.39 Å². The van der Waals surface area contributed by atoms with Crippen LogP contribution in [0.5, 0.6) is 0 Å². The molecule has 0 saturated carbocycles. The van der Waals surface area contributed by atoms with Crippen molar-refractivity contribution in [3.63, 3.8) is 0 Å². The fourth-order valence-electron chi connectivity index (χ4n) is 3.30. The highest BCUT2D eigenvalue weighted by Gasteiger charge is 2.34. The summed E-state index contributed by atoms with van der Waals surface area (Å²) < 4.78 is 18.5. The van der Waals surface area contributed by atoms with Crippen LogP contribution in [0.2, 0.25) is 0 Å². The van der Waals surface area contributed by atoms with Crippen LogP contribution >= 0.6 is 0 Å². The lowest BCUT2D eigenvalue weighted by atomic mass is 10.1. The molecule has 1 aliphatic heterocycles. The van der Waals surface area contributed by atoms with E-state index in [1.54, 1.807) is 17.0 Å². The Kier molecular flexibility index (Phi) is 4.48. The van der Waals surface area contributed by atoms with Crippen LogP contribution in [0.3, 0.4) is 0 Å². The molecule has 1 atom stereocenters. The van der Waals surface area contributed by atoms with E-state index in [1.807, 2.05) is 25.1 Å². The maximum absolute atomic E-state index is 13.0. The van der Waals surface area contributed by atoms with Crippen LogP contribution in [0.25, 0.3) is 11.4 Å². The van der Waals surface area contributed by atoms with Gasteiger partial charge in [-0.3, -0.25) is 4.79 Å². The molecule has 3 aromatic rings. The molecule has 0 spiro atoms. The average Bonchev–Trinajstić information content (AvgIpc) is 3.27. The number of halogens is 1. The van der Waals surface area contributed by atoms with Crippen molar-refractivity contribution >= 4 is 5.91 Å². The highest BCUT2D eigenvalue weighted by Crippen LogP contribution is 2.30. The van der Waals surface area contributed by atoms with Gasteiger partial charge < -0.3 is 9.42 Å². The first kappa shape index (κ1) is 17.4. The number of likely N-dealkylation sites (tertiary alicyclic amines) is 1. The normalized spacial score (nSPS) is 16.9. The Labute approximate surface area is 156 Å². The number of hydrogen-bond acceptors (Lipinski definition) is 4. The second kappa shape index (κ2) is 6.95. The number of aryl methyl sites for hydroxylation is 2. The van der Waals surface area contributed by atoms with Crippen LogP contribution in [0.1, 0.15) is 34.9 Å². The van der Waals surface area contributed by atoms with Crippen molar-refractivity contribution in [3.8, 4) is 11.4 Å². The highest BCUT2D eigenvalue weighted by atomic mass is 19.1. The number of rotatable bonds is 4. The summed E-state index contributed by atoms with van der Waals surface area (Å²) in [7, 11) is 0.